The van der Waals surface area contributed by atoms with Crippen LogP contribution < -0.4 is 10.0 Å². The Bertz CT molecular complexity index is 1000. The van der Waals surface area contributed by atoms with Crippen molar-refractivity contribution < 1.29 is 17.7 Å². The molecule has 2 aromatic heterocycles. The van der Waals surface area contributed by atoms with Gasteiger partial charge in [0.1, 0.15) is 15.5 Å². The van der Waals surface area contributed by atoms with Gasteiger partial charge in [-0.25, -0.2) is 8.42 Å². The van der Waals surface area contributed by atoms with Gasteiger partial charge < -0.3 is 9.84 Å². The minimum absolute atomic E-state index is 0.255. The number of amides is 1. The van der Waals surface area contributed by atoms with Crippen molar-refractivity contribution in [3.63, 3.8) is 0 Å². The number of sulfonamides is 1. The standard InChI is InChI=1S/C16H15N3O4S2/c1-10-3-8-15(24-10)25(21,22)19-13-6-4-12(5-7-13)18-16(20)14-9-17-23-11(14)2/h3-9,19H,1-2H3,(H,18,20). The van der Waals surface area contributed by atoms with Gasteiger partial charge in [-0.2, -0.15) is 0 Å². The monoisotopic (exact) mass is 377 g/mol. The molecule has 0 bridgehead atoms. The van der Waals surface area contributed by atoms with Crippen LogP contribution in [0.1, 0.15) is 21.0 Å². The quantitative estimate of drug-likeness (QED) is 0.709. The predicted molar refractivity (Wildman–Crippen MR) is 95.5 cm³/mol. The second-order valence-electron chi connectivity index (χ2n) is 5.30. The first-order valence-electron chi connectivity index (χ1n) is 7.27. The third-order valence-electron chi connectivity index (χ3n) is 3.37. The van der Waals surface area contributed by atoms with E-state index in [1.165, 1.54) is 17.5 Å². The number of carbonyl (C=O) groups is 1. The summed E-state index contributed by atoms with van der Waals surface area (Å²) in [7, 11) is -3.61. The summed E-state index contributed by atoms with van der Waals surface area (Å²) in [6.45, 7) is 3.49. The van der Waals surface area contributed by atoms with Gasteiger partial charge in [-0.1, -0.05) is 5.16 Å². The molecule has 1 amide bonds. The van der Waals surface area contributed by atoms with E-state index in [0.29, 0.717) is 22.7 Å². The van der Waals surface area contributed by atoms with Crippen LogP contribution >= 0.6 is 11.3 Å². The summed E-state index contributed by atoms with van der Waals surface area (Å²) in [5.41, 5.74) is 1.28. The molecule has 0 saturated heterocycles. The van der Waals surface area contributed by atoms with Gasteiger partial charge in [0.15, 0.2) is 0 Å². The van der Waals surface area contributed by atoms with Crippen LogP contribution in [0.4, 0.5) is 11.4 Å². The SMILES string of the molecule is Cc1ccc(S(=O)(=O)Nc2ccc(NC(=O)c3cnoc3C)cc2)s1. The summed E-state index contributed by atoms with van der Waals surface area (Å²) in [6, 6.07) is 9.70. The minimum atomic E-state index is -3.61. The number of nitrogens with zero attached hydrogens (tertiary/aromatic N) is 1. The number of hydrogen-bond acceptors (Lipinski definition) is 6. The van der Waals surface area contributed by atoms with Crippen molar-refractivity contribution in [3.05, 3.63) is 58.8 Å². The van der Waals surface area contributed by atoms with Crippen LogP contribution in [0.2, 0.25) is 0 Å². The predicted octanol–water partition coefficient (Wildman–Crippen LogP) is 3.41. The van der Waals surface area contributed by atoms with Gasteiger partial charge in [0.2, 0.25) is 0 Å². The van der Waals surface area contributed by atoms with E-state index in [1.807, 2.05) is 6.92 Å². The molecule has 0 radical (unpaired) electrons. The van der Waals surface area contributed by atoms with Crippen molar-refractivity contribution in [1.29, 1.82) is 0 Å². The largest absolute Gasteiger partial charge is 0.361 e. The number of benzene rings is 1. The van der Waals surface area contributed by atoms with Crippen LogP contribution in [0.3, 0.4) is 0 Å². The lowest BCUT2D eigenvalue weighted by molar-refractivity contribution is 0.102. The summed E-state index contributed by atoms with van der Waals surface area (Å²) < 4.78 is 32.2. The van der Waals surface area contributed by atoms with E-state index in [0.717, 1.165) is 4.88 Å². The number of hydrogen-bond donors (Lipinski definition) is 2. The fourth-order valence-corrected chi connectivity index (χ4v) is 4.44. The molecule has 0 unspecified atom stereocenters. The van der Waals surface area contributed by atoms with Crippen molar-refractivity contribution in [2.75, 3.05) is 10.0 Å². The van der Waals surface area contributed by atoms with Gasteiger partial charge >= 0.3 is 0 Å². The van der Waals surface area contributed by atoms with Crippen molar-refractivity contribution in [3.8, 4) is 0 Å². The number of aryl methyl sites for hydroxylation is 2. The average Bonchev–Trinajstić information content (AvgIpc) is 3.18. The molecule has 0 atom stereocenters. The van der Waals surface area contributed by atoms with E-state index in [9.17, 15) is 13.2 Å². The Morgan fingerprint density at radius 2 is 1.76 bits per heavy atom. The van der Waals surface area contributed by atoms with Gasteiger partial charge in [0, 0.05) is 16.3 Å². The molecule has 7 nitrogen and oxygen atoms in total. The van der Waals surface area contributed by atoms with E-state index in [1.54, 1.807) is 43.3 Å². The maximum absolute atomic E-state index is 12.3. The van der Waals surface area contributed by atoms with E-state index in [-0.39, 0.29) is 10.1 Å². The van der Waals surface area contributed by atoms with Gasteiger partial charge in [-0.15, -0.1) is 11.3 Å². The van der Waals surface area contributed by atoms with Crippen LogP contribution in [0.25, 0.3) is 0 Å². The Labute approximate surface area is 148 Å². The van der Waals surface area contributed by atoms with Crippen LogP contribution in [-0.2, 0) is 10.0 Å². The van der Waals surface area contributed by atoms with Crippen molar-refractivity contribution in [2.45, 2.75) is 18.1 Å². The van der Waals surface area contributed by atoms with E-state index in [4.69, 9.17) is 4.52 Å². The average molecular weight is 377 g/mol. The molecule has 9 heteroatoms. The molecule has 0 saturated carbocycles. The van der Waals surface area contributed by atoms with Gasteiger partial charge in [0.25, 0.3) is 15.9 Å². The first kappa shape index (κ1) is 17.2. The zero-order valence-corrected chi connectivity index (χ0v) is 15.1. The summed E-state index contributed by atoms with van der Waals surface area (Å²) >= 11 is 1.20. The Hall–Kier alpha value is -2.65. The van der Waals surface area contributed by atoms with Crippen LogP contribution in [0, 0.1) is 13.8 Å². The van der Waals surface area contributed by atoms with Crippen molar-refractivity contribution in [1.82, 2.24) is 5.16 Å². The smallest absolute Gasteiger partial charge is 0.271 e. The second kappa shape index (κ2) is 6.69. The zero-order valence-electron chi connectivity index (χ0n) is 13.4. The van der Waals surface area contributed by atoms with Crippen molar-refractivity contribution >= 4 is 38.6 Å². The summed E-state index contributed by atoms with van der Waals surface area (Å²) in [5, 5.41) is 6.25. The first-order chi connectivity index (χ1) is 11.8. The zero-order chi connectivity index (χ0) is 18.0. The summed E-state index contributed by atoms with van der Waals surface area (Å²) in [5.74, 6) is 0.0780. The Balaban J connectivity index is 1.70. The topological polar surface area (TPSA) is 101 Å². The summed E-state index contributed by atoms with van der Waals surface area (Å²) in [6.07, 6.45) is 1.34. The molecule has 1 aromatic carbocycles. The minimum Gasteiger partial charge on any atom is -0.361 e. The van der Waals surface area contributed by atoms with Gasteiger partial charge in [0.05, 0.1) is 6.20 Å². The molecule has 25 heavy (non-hydrogen) atoms. The highest BCUT2D eigenvalue weighted by Crippen LogP contribution is 2.24. The van der Waals surface area contributed by atoms with E-state index < -0.39 is 10.0 Å². The van der Waals surface area contributed by atoms with Crippen LogP contribution in [0.15, 0.2) is 51.3 Å². The highest BCUT2D eigenvalue weighted by molar-refractivity contribution is 7.94. The normalized spacial score (nSPS) is 11.3. The molecule has 0 aliphatic rings. The number of carbonyl (C=O) groups excluding carboxylic acids is 1. The van der Waals surface area contributed by atoms with E-state index >= 15 is 0 Å². The Morgan fingerprint density at radius 1 is 1.08 bits per heavy atom. The van der Waals surface area contributed by atoms with E-state index in [2.05, 4.69) is 15.2 Å². The molecule has 3 aromatic rings. The lowest BCUT2D eigenvalue weighted by atomic mass is 10.2. The molecule has 0 fully saturated rings. The number of nitrogens with one attached hydrogen (secondary N) is 2. The molecule has 2 heterocycles. The molecular weight excluding hydrogens is 362 g/mol. The second-order valence-corrected chi connectivity index (χ2v) is 8.49. The molecule has 130 valence electrons. The maximum Gasteiger partial charge on any atom is 0.271 e. The first-order valence-corrected chi connectivity index (χ1v) is 9.57. The molecule has 0 aliphatic heterocycles. The third-order valence-corrected chi connectivity index (χ3v) is 6.24. The summed E-state index contributed by atoms with van der Waals surface area (Å²) in [4.78, 5) is 13.0. The third kappa shape index (κ3) is 3.89. The Kier molecular flexibility index (Phi) is 4.60. The highest BCUT2D eigenvalue weighted by atomic mass is 32.2. The van der Waals surface area contributed by atoms with Crippen molar-refractivity contribution in [2.24, 2.45) is 0 Å². The van der Waals surface area contributed by atoms with Gasteiger partial charge in [-0.05, 0) is 50.2 Å². The fraction of sp³-hybridized carbons (Fsp3) is 0.125. The van der Waals surface area contributed by atoms with Gasteiger partial charge in [-0.3, -0.25) is 9.52 Å². The highest BCUT2D eigenvalue weighted by Gasteiger charge is 2.17. The molecule has 3 rings (SSSR count). The van der Waals surface area contributed by atoms with Crippen LogP contribution in [-0.4, -0.2) is 19.5 Å². The fourth-order valence-electron chi connectivity index (χ4n) is 2.10. The number of anilines is 2. The molecule has 2 N–H and O–H groups in total. The Morgan fingerprint density at radius 3 is 2.32 bits per heavy atom. The lowest BCUT2D eigenvalue weighted by Gasteiger charge is -2.08. The number of rotatable bonds is 5. The number of thiophene rings is 1. The number of aromatic nitrogens is 1. The molecule has 0 spiro atoms. The van der Waals surface area contributed by atoms with Crippen LogP contribution in [0.5, 0.6) is 0 Å². The maximum atomic E-state index is 12.3. The lowest BCUT2D eigenvalue weighted by Crippen LogP contribution is -2.13. The molecular formula is C16H15N3O4S2. The molecule has 0 aliphatic carbocycles.